The number of benzene rings is 11. The summed E-state index contributed by atoms with van der Waals surface area (Å²) >= 11 is 0. The van der Waals surface area contributed by atoms with Gasteiger partial charge in [-0.1, -0.05) is 84.9 Å². The van der Waals surface area contributed by atoms with Crippen molar-refractivity contribution >= 4 is 70.5 Å². The summed E-state index contributed by atoms with van der Waals surface area (Å²) in [5.41, 5.74) is 11.4. The Labute approximate surface area is 502 Å². The second kappa shape index (κ2) is 22.4. The van der Waals surface area contributed by atoms with E-state index in [1.54, 1.807) is 52.7 Å². The molecule has 87 heavy (non-hydrogen) atoms. The van der Waals surface area contributed by atoms with Gasteiger partial charge in [0.25, 0.3) is 0 Å². The van der Waals surface area contributed by atoms with E-state index in [9.17, 15) is 8.42 Å². The van der Waals surface area contributed by atoms with Crippen LogP contribution < -0.4 is 28.6 Å². The normalized spacial score (nSPS) is 11.8. The number of sulfone groups is 1. The van der Waals surface area contributed by atoms with Gasteiger partial charge in [0.1, 0.15) is 23.0 Å². The van der Waals surface area contributed by atoms with E-state index in [0.29, 0.717) is 17.5 Å². The maximum absolute atomic E-state index is 13.9. The number of fused-ring (bicyclic) bond motifs is 8. The molecular weight excluding hydrogens is 1100 g/mol. The summed E-state index contributed by atoms with van der Waals surface area (Å²) in [5, 5.41) is 4.02. The summed E-state index contributed by atoms with van der Waals surface area (Å²) in [6.45, 7) is 0. The summed E-state index contributed by atoms with van der Waals surface area (Å²) < 4.78 is 60.2. The van der Waals surface area contributed by atoms with Gasteiger partial charge in [0.05, 0.1) is 71.7 Å². The molecule has 0 fully saturated rings. The Balaban J connectivity index is 0.000000158. The van der Waals surface area contributed by atoms with Crippen LogP contribution in [0, 0.1) is 0 Å². The topological polar surface area (TPSA) is 132 Å². The van der Waals surface area contributed by atoms with Crippen molar-refractivity contribution in [3.8, 4) is 80.0 Å². The van der Waals surface area contributed by atoms with Gasteiger partial charge in [-0.25, -0.2) is 23.4 Å². The van der Waals surface area contributed by atoms with E-state index in [1.165, 1.54) is 0 Å². The second-order valence-corrected chi connectivity index (χ2v) is 22.6. The van der Waals surface area contributed by atoms with E-state index < -0.39 is 9.84 Å². The van der Waals surface area contributed by atoms with Crippen molar-refractivity contribution in [3.63, 3.8) is 0 Å². The van der Waals surface area contributed by atoms with Crippen LogP contribution in [0.15, 0.2) is 265 Å². The van der Waals surface area contributed by atoms with Crippen LogP contribution in [0.25, 0.3) is 89.2 Å². The fourth-order valence-corrected chi connectivity index (χ4v) is 12.7. The number of anilines is 3. The number of ether oxygens (including phenoxy) is 5. The van der Waals surface area contributed by atoms with Crippen molar-refractivity contribution in [1.29, 1.82) is 0 Å². The Bertz CT molecular complexity index is 4610. The van der Waals surface area contributed by atoms with E-state index in [-0.39, 0.29) is 9.79 Å². The molecule has 0 amide bonds. The molecule has 13 nitrogen and oxygen atoms in total. The summed E-state index contributed by atoms with van der Waals surface area (Å²) in [6, 6.07) is 82.3. The molecule has 0 saturated heterocycles. The number of hydrogen-bond donors (Lipinski definition) is 0. The Hall–Kier alpha value is -11.2. The zero-order chi connectivity index (χ0) is 59.2. The smallest absolute Gasteiger partial charge is 0.206 e. The highest BCUT2D eigenvalue weighted by Gasteiger charge is 2.26. The maximum Gasteiger partial charge on any atom is 0.206 e. The van der Waals surface area contributed by atoms with Gasteiger partial charge >= 0.3 is 0 Å². The minimum absolute atomic E-state index is 0.212. The number of aromatic nitrogens is 5. The first-order valence-electron chi connectivity index (χ1n) is 28.1. The lowest BCUT2D eigenvalue weighted by molar-refractivity contribution is 0.415. The minimum Gasteiger partial charge on any atom is -0.497 e. The predicted molar refractivity (Wildman–Crippen MR) is 344 cm³/mol. The Morgan fingerprint density at radius 1 is 0.333 bits per heavy atom. The predicted octanol–water partition coefficient (Wildman–Crippen LogP) is 17.2. The number of nitrogens with zero attached hydrogens (tertiary/aromatic N) is 6. The molecule has 0 saturated carbocycles. The number of methoxy groups -OCH3 is 4. The molecule has 15 rings (SSSR count). The molecule has 424 valence electrons. The average molecular weight is 1160 g/mol. The van der Waals surface area contributed by atoms with E-state index in [2.05, 4.69) is 50.4 Å². The Kier molecular flexibility index (Phi) is 13.8. The Morgan fingerprint density at radius 2 is 0.644 bits per heavy atom. The van der Waals surface area contributed by atoms with Gasteiger partial charge < -0.3 is 37.7 Å². The lowest BCUT2D eigenvalue weighted by atomic mass is 10.1. The zero-order valence-corrected chi connectivity index (χ0v) is 48.5. The van der Waals surface area contributed by atoms with Crippen LogP contribution >= 0.6 is 0 Å². The summed E-state index contributed by atoms with van der Waals surface area (Å²) in [7, 11) is 2.78. The van der Waals surface area contributed by atoms with Crippen molar-refractivity contribution in [1.82, 2.24) is 24.1 Å². The average Bonchev–Trinajstić information content (AvgIpc) is 1.80. The zero-order valence-electron chi connectivity index (χ0n) is 47.7. The molecule has 0 bridgehead atoms. The van der Waals surface area contributed by atoms with Crippen molar-refractivity contribution in [2.24, 2.45) is 0 Å². The van der Waals surface area contributed by atoms with Crippen molar-refractivity contribution in [2.45, 2.75) is 9.79 Å². The third kappa shape index (κ3) is 9.83. The summed E-state index contributed by atoms with van der Waals surface area (Å²) in [5.74, 6) is 6.58. The van der Waals surface area contributed by atoms with Gasteiger partial charge in [-0.05, 0) is 170 Å². The lowest BCUT2D eigenvalue weighted by Gasteiger charge is -2.32. The Morgan fingerprint density at radius 3 is 0.989 bits per heavy atom. The monoisotopic (exact) mass is 1160 g/mol. The molecule has 11 aromatic carbocycles. The second-order valence-electron chi connectivity index (χ2n) is 20.7. The van der Waals surface area contributed by atoms with Crippen LogP contribution in [0.2, 0.25) is 0 Å². The molecule has 4 heterocycles. The third-order valence-corrected chi connectivity index (χ3v) is 17.5. The van der Waals surface area contributed by atoms with Crippen molar-refractivity contribution in [3.05, 3.63) is 255 Å². The van der Waals surface area contributed by atoms with Gasteiger partial charge in [-0.2, -0.15) is 0 Å². The molecule has 3 aromatic heterocycles. The molecule has 0 spiro atoms. The maximum atomic E-state index is 13.9. The van der Waals surface area contributed by atoms with E-state index in [1.807, 2.05) is 194 Å². The molecular formula is C73H54N6O7S. The number of rotatable bonds is 12. The van der Waals surface area contributed by atoms with Gasteiger partial charge in [0, 0.05) is 55.3 Å². The molecule has 14 heteroatoms. The molecule has 0 aliphatic carbocycles. The van der Waals surface area contributed by atoms with Crippen LogP contribution in [0.1, 0.15) is 0 Å². The molecule has 0 unspecified atom stereocenters. The van der Waals surface area contributed by atoms with Crippen LogP contribution in [-0.2, 0) is 9.84 Å². The van der Waals surface area contributed by atoms with Crippen LogP contribution in [-0.4, -0.2) is 60.9 Å². The highest BCUT2D eigenvalue weighted by Crippen LogP contribution is 2.50. The highest BCUT2D eigenvalue weighted by atomic mass is 32.2. The quantitative estimate of drug-likeness (QED) is 0.116. The third-order valence-electron chi connectivity index (χ3n) is 15.7. The molecule has 1 aliphatic rings. The van der Waals surface area contributed by atoms with Gasteiger partial charge in [-0.3, -0.25) is 0 Å². The van der Waals surface area contributed by atoms with E-state index in [0.717, 1.165) is 123 Å². The lowest BCUT2D eigenvalue weighted by Crippen LogP contribution is -2.15. The first kappa shape index (κ1) is 53.8. The number of hydrogen-bond acceptors (Lipinski definition) is 11. The van der Waals surface area contributed by atoms with Crippen molar-refractivity contribution in [2.75, 3.05) is 33.3 Å². The molecule has 0 N–H and O–H groups in total. The van der Waals surface area contributed by atoms with Crippen molar-refractivity contribution < 1.29 is 32.1 Å². The standard InChI is InChI=1S/C40H32N2O6S.C33H22N4O/c1-45-27-9-17-37-33(21-27)34-22-28(46-2)10-18-38(34)41(37)25-5-13-31(14-6-25)49(43,44)32-15-7-26(8-16-32)42-39-19-11-29(47-3)23-35(39)36-24-30(48-4)12-20-40(36)42;1-3-11-23(12-4-1)31-34-32(24-13-5-2-6-14-24)36-33(35-31)25-19-21-26(22-20-25)37-27-15-7-9-17-29(27)38-30-18-10-8-16-28(30)37/h5-24H,1-4H3;1-22H. The summed E-state index contributed by atoms with van der Waals surface area (Å²) in [6.07, 6.45) is 0. The van der Waals surface area contributed by atoms with Crippen LogP contribution in [0.4, 0.5) is 17.1 Å². The molecule has 0 atom stereocenters. The first-order chi connectivity index (χ1) is 42.7. The van der Waals surface area contributed by atoms with Gasteiger partial charge in [0.15, 0.2) is 29.0 Å². The summed E-state index contributed by atoms with van der Waals surface area (Å²) in [4.78, 5) is 17.2. The minimum atomic E-state index is -3.80. The SMILES string of the molecule is COc1ccc2c(c1)c1cc(OC)ccc1n2-c1ccc(S(=O)(=O)c2ccc(-n3c4ccc(OC)cc4c4cc(OC)ccc43)cc2)cc1.c1ccc(-c2nc(-c3ccccc3)nc(-c3ccc(N4c5ccccc5Oc5ccccc54)cc3)n2)cc1. The molecule has 0 radical (unpaired) electrons. The van der Waals surface area contributed by atoms with Crippen LogP contribution in [0.5, 0.6) is 34.5 Å². The van der Waals surface area contributed by atoms with Gasteiger partial charge in [-0.15, -0.1) is 0 Å². The largest absolute Gasteiger partial charge is 0.497 e. The number of para-hydroxylation sites is 4. The fourth-order valence-electron chi connectivity index (χ4n) is 11.4. The van der Waals surface area contributed by atoms with E-state index >= 15 is 0 Å². The molecule has 14 aromatic rings. The first-order valence-corrected chi connectivity index (χ1v) is 29.6. The molecule has 1 aliphatic heterocycles. The highest BCUT2D eigenvalue weighted by molar-refractivity contribution is 7.91. The fraction of sp³-hybridized carbons (Fsp3) is 0.0548. The van der Waals surface area contributed by atoms with E-state index in [4.69, 9.17) is 38.6 Å². The van der Waals surface area contributed by atoms with Gasteiger partial charge in [0.2, 0.25) is 9.84 Å². The van der Waals surface area contributed by atoms with Crippen LogP contribution in [0.3, 0.4) is 0 Å².